The number of thiophene rings is 1. The molecule has 0 aliphatic heterocycles. The van der Waals surface area contributed by atoms with Crippen molar-refractivity contribution in [2.24, 2.45) is 0 Å². The number of nitrogens with zero attached hydrogens (tertiary/aromatic N) is 3. The molecule has 0 radical (unpaired) electrons. The van der Waals surface area contributed by atoms with Gasteiger partial charge in [0, 0.05) is 42.9 Å². The van der Waals surface area contributed by atoms with Crippen LogP contribution in [0.2, 0.25) is 0 Å². The largest absolute Gasteiger partial charge is 0.455 e. The molecule has 0 amide bonds. The number of benzene rings is 8. The van der Waals surface area contributed by atoms with Gasteiger partial charge in [0.15, 0.2) is 17.5 Å². The van der Waals surface area contributed by atoms with Crippen LogP contribution in [0.15, 0.2) is 156 Å². The summed E-state index contributed by atoms with van der Waals surface area (Å²) in [5.74, 6) is 1.92. The molecule has 0 bridgehead atoms. The summed E-state index contributed by atoms with van der Waals surface area (Å²) in [7, 11) is 0. The molecule has 0 saturated heterocycles. The molecular weight excluding hydrogens is 631 g/mol. The molecule has 0 aliphatic rings. The minimum Gasteiger partial charge on any atom is -0.455 e. The first-order valence-electron chi connectivity index (χ1n) is 16.7. The molecule has 11 aromatic rings. The van der Waals surface area contributed by atoms with Crippen molar-refractivity contribution in [1.29, 1.82) is 0 Å². The first-order valence-corrected chi connectivity index (χ1v) is 17.5. The van der Waals surface area contributed by atoms with Crippen molar-refractivity contribution in [2.45, 2.75) is 0 Å². The van der Waals surface area contributed by atoms with Gasteiger partial charge in [-0.1, -0.05) is 127 Å². The van der Waals surface area contributed by atoms with E-state index in [4.69, 9.17) is 19.4 Å². The van der Waals surface area contributed by atoms with Crippen molar-refractivity contribution in [3.63, 3.8) is 0 Å². The van der Waals surface area contributed by atoms with Crippen LogP contribution in [0.25, 0.3) is 109 Å². The number of hydrogen-bond acceptors (Lipinski definition) is 5. The Morgan fingerprint density at radius 1 is 0.420 bits per heavy atom. The van der Waals surface area contributed by atoms with E-state index in [1.165, 1.54) is 42.4 Å². The lowest BCUT2D eigenvalue weighted by molar-refractivity contribution is 0.673. The molecule has 0 N–H and O–H groups in total. The number of hydrogen-bond donors (Lipinski definition) is 0. The molecule has 0 saturated carbocycles. The minimum absolute atomic E-state index is 0.639. The first kappa shape index (κ1) is 27.5. The minimum atomic E-state index is 0.639. The Bertz CT molecular complexity index is 3160. The summed E-state index contributed by atoms with van der Waals surface area (Å²) in [6.45, 7) is 0. The summed E-state index contributed by atoms with van der Waals surface area (Å²) in [5.41, 5.74) is 4.63. The molecule has 8 aromatic carbocycles. The lowest BCUT2D eigenvalue weighted by atomic mass is 9.96. The Balaban J connectivity index is 1.21. The quantitative estimate of drug-likeness (QED) is 0.178. The van der Waals surface area contributed by atoms with Crippen molar-refractivity contribution < 1.29 is 4.42 Å². The Kier molecular flexibility index (Phi) is 5.80. The van der Waals surface area contributed by atoms with Gasteiger partial charge in [-0.3, -0.25) is 0 Å². The second-order valence-corrected chi connectivity index (χ2v) is 13.8. The maximum Gasteiger partial charge on any atom is 0.165 e. The van der Waals surface area contributed by atoms with Crippen molar-refractivity contribution in [1.82, 2.24) is 15.0 Å². The van der Waals surface area contributed by atoms with Crippen LogP contribution in [0, 0.1) is 0 Å². The summed E-state index contributed by atoms with van der Waals surface area (Å²) in [6.07, 6.45) is 0. The maximum atomic E-state index is 6.57. The van der Waals surface area contributed by atoms with E-state index >= 15 is 0 Å². The van der Waals surface area contributed by atoms with E-state index in [0.29, 0.717) is 17.5 Å². The van der Waals surface area contributed by atoms with Gasteiger partial charge < -0.3 is 4.42 Å². The summed E-state index contributed by atoms with van der Waals surface area (Å²) >= 11 is 1.75. The normalized spacial score (nSPS) is 12.0. The van der Waals surface area contributed by atoms with E-state index in [1.807, 2.05) is 30.3 Å². The fourth-order valence-electron chi connectivity index (χ4n) is 7.53. The molecule has 0 fully saturated rings. The molecule has 0 spiro atoms. The van der Waals surface area contributed by atoms with E-state index in [9.17, 15) is 0 Å². The first-order chi connectivity index (χ1) is 24.8. The Labute approximate surface area is 289 Å². The Hall–Kier alpha value is -6.43. The second-order valence-electron chi connectivity index (χ2n) is 12.8. The van der Waals surface area contributed by atoms with Crippen molar-refractivity contribution in [2.75, 3.05) is 0 Å². The van der Waals surface area contributed by atoms with Crippen LogP contribution >= 0.6 is 11.3 Å². The highest BCUT2D eigenvalue weighted by molar-refractivity contribution is 7.26. The van der Waals surface area contributed by atoms with Gasteiger partial charge in [-0.25, -0.2) is 15.0 Å². The van der Waals surface area contributed by atoms with Gasteiger partial charge in [-0.2, -0.15) is 0 Å². The number of aromatic nitrogens is 3. The standard InChI is InChI=1S/C45H25N3OS/c1-2-11-28(12-3-1)43-46-44(29-19-18-27-21-22-31-30-13-5-4-10-26(30)20-23-32(31)35(27)24-29)48-45(47-43)37-25-36-33-14-6-8-16-38(33)49-41(36)40-34-15-7-9-17-39(34)50-42(37)40/h1-25H. The van der Waals surface area contributed by atoms with E-state index in [2.05, 4.69) is 121 Å². The predicted octanol–water partition coefficient (Wildman–Crippen LogP) is 12.6. The summed E-state index contributed by atoms with van der Waals surface area (Å²) < 4.78 is 8.86. The summed E-state index contributed by atoms with van der Waals surface area (Å²) in [6, 6.07) is 53.2. The number of fused-ring (bicyclic) bond motifs is 12. The Morgan fingerprint density at radius 3 is 1.92 bits per heavy atom. The van der Waals surface area contributed by atoms with Crippen LogP contribution in [-0.2, 0) is 0 Å². The van der Waals surface area contributed by atoms with Crippen LogP contribution in [0.1, 0.15) is 0 Å². The molecule has 3 heterocycles. The van der Waals surface area contributed by atoms with Crippen LogP contribution in [-0.4, -0.2) is 15.0 Å². The third-order valence-electron chi connectivity index (χ3n) is 9.90. The van der Waals surface area contributed by atoms with Gasteiger partial charge in [-0.05, 0) is 56.6 Å². The fourth-order valence-corrected chi connectivity index (χ4v) is 8.74. The number of rotatable bonds is 3. The third-order valence-corrected chi connectivity index (χ3v) is 11.1. The van der Waals surface area contributed by atoms with Gasteiger partial charge in [0.2, 0.25) is 0 Å². The zero-order chi connectivity index (χ0) is 32.8. The molecule has 50 heavy (non-hydrogen) atoms. The number of furan rings is 1. The lowest BCUT2D eigenvalue weighted by Gasteiger charge is -2.11. The monoisotopic (exact) mass is 655 g/mol. The van der Waals surface area contributed by atoms with Gasteiger partial charge in [0.05, 0.1) is 4.70 Å². The van der Waals surface area contributed by atoms with Crippen LogP contribution in [0.5, 0.6) is 0 Å². The van der Waals surface area contributed by atoms with Gasteiger partial charge in [0.25, 0.3) is 0 Å². The van der Waals surface area contributed by atoms with Gasteiger partial charge in [0.1, 0.15) is 11.2 Å². The van der Waals surface area contributed by atoms with Gasteiger partial charge >= 0.3 is 0 Å². The van der Waals surface area contributed by atoms with Crippen molar-refractivity contribution >= 4 is 85.8 Å². The zero-order valence-corrected chi connectivity index (χ0v) is 27.4. The van der Waals surface area contributed by atoms with E-state index < -0.39 is 0 Å². The molecule has 5 heteroatoms. The fraction of sp³-hybridized carbons (Fsp3) is 0. The molecule has 3 aromatic heterocycles. The van der Waals surface area contributed by atoms with E-state index in [0.717, 1.165) is 48.7 Å². The highest BCUT2D eigenvalue weighted by Gasteiger charge is 2.22. The van der Waals surface area contributed by atoms with Gasteiger partial charge in [-0.15, -0.1) is 11.3 Å². The van der Waals surface area contributed by atoms with Crippen molar-refractivity contribution in [3.05, 3.63) is 152 Å². The molecule has 0 atom stereocenters. The highest BCUT2D eigenvalue weighted by Crippen LogP contribution is 2.46. The summed E-state index contributed by atoms with van der Waals surface area (Å²) in [5, 5.41) is 11.7. The van der Waals surface area contributed by atoms with E-state index in [1.54, 1.807) is 11.3 Å². The average Bonchev–Trinajstić information content (AvgIpc) is 3.76. The van der Waals surface area contributed by atoms with E-state index in [-0.39, 0.29) is 0 Å². The molecule has 0 unspecified atom stereocenters. The SMILES string of the molecule is c1ccc(-c2nc(-c3ccc4ccc5c6ccccc6ccc5c4c3)nc(-c3cc4c5ccccc5oc4c4c3sc3ccccc34)n2)cc1. The third kappa shape index (κ3) is 4.08. The Morgan fingerprint density at radius 2 is 1.06 bits per heavy atom. The van der Waals surface area contributed by atoms with Crippen LogP contribution < -0.4 is 0 Å². The smallest absolute Gasteiger partial charge is 0.165 e. The molecule has 0 aliphatic carbocycles. The summed E-state index contributed by atoms with van der Waals surface area (Å²) in [4.78, 5) is 15.6. The topological polar surface area (TPSA) is 51.8 Å². The average molecular weight is 656 g/mol. The molecular formula is C45H25N3OS. The van der Waals surface area contributed by atoms with Crippen LogP contribution in [0.4, 0.5) is 0 Å². The molecule has 11 rings (SSSR count). The van der Waals surface area contributed by atoms with Crippen LogP contribution in [0.3, 0.4) is 0 Å². The lowest BCUT2D eigenvalue weighted by Crippen LogP contribution is -2.00. The maximum absolute atomic E-state index is 6.57. The zero-order valence-electron chi connectivity index (χ0n) is 26.6. The highest BCUT2D eigenvalue weighted by atomic mass is 32.1. The van der Waals surface area contributed by atoms with Crippen molar-refractivity contribution in [3.8, 4) is 34.2 Å². The predicted molar refractivity (Wildman–Crippen MR) is 209 cm³/mol. The molecule has 4 nitrogen and oxygen atoms in total. The second kappa shape index (κ2) is 10.5. The number of para-hydroxylation sites is 1. The molecule has 232 valence electrons.